The average molecular weight is 386 g/mol. The van der Waals surface area contributed by atoms with Gasteiger partial charge in [0, 0.05) is 17.6 Å². The van der Waals surface area contributed by atoms with E-state index in [1.165, 1.54) is 12.1 Å². The number of nitrogens with one attached hydrogen (secondary N) is 1. The van der Waals surface area contributed by atoms with Crippen molar-refractivity contribution in [2.45, 2.75) is 18.9 Å². The van der Waals surface area contributed by atoms with Gasteiger partial charge in [-0.05, 0) is 28.8 Å². The average Bonchev–Trinajstić information content (AvgIpc) is 2.45. The van der Waals surface area contributed by atoms with E-state index in [0.717, 1.165) is 4.47 Å². The van der Waals surface area contributed by atoms with E-state index in [4.69, 9.17) is 4.74 Å². The third kappa shape index (κ3) is 3.76. The number of benzene rings is 2. The molecular formula is C17H15BrF3NO. The van der Waals surface area contributed by atoms with E-state index in [0.29, 0.717) is 18.7 Å². The monoisotopic (exact) mass is 385 g/mol. The first-order valence-corrected chi connectivity index (χ1v) is 8.02. The molecule has 0 radical (unpaired) electrons. The first-order valence-electron chi connectivity index (χ1n) is 7.22. The second-order valence-electron chi connectivity index (χ2n) is 5.44. The van der Waals surface area contributed by atoms with Crippen LogP contribution < -0.4 is 5.32 Å². The van der Waals surface area contributed by atoms with Gasteiger partial charge in [0.15, 0.2) is 0 Å². The lowest BCUT2D eigenvalue weighted by Gasteiger charge is -2.28. The van der Waals surface area contributed by atoms with Crippen LogP contribution in [0.4, 0.5) is 13.2 Å². The molecule has 6 heteroatoms. The molecule has 2 aromatic rings. The number of alkyl halides is 3. The van der Waals surface area contributed by atoms with Crippen molar-refractivity contribution in [2.75, 3.05) is 13.1 Å². The topological polar surface area (TPSA) is 21.3 Å². The van der Waals surface area contributed by atoms with Gasteiger partial charge in [0.2, 0.25) is 0 Å². The maximum atomic E-state index is 13.6. The van der Waals surface area contributed by atoms with Crippen molar-refractivity contribution in [3.05, 3.63) is 58.1 Å². The summed E-state index contributed by atoms with van der Waals surface area (Å²) in [5.74, 6) is 0. The molecule has 122 valence electrons. The smallest absolute Gasteiger partial charge is 0.371 e. The Hall–Kier alpha value is -1.37. The summed E-state index contributed by atoms with van der Waals surface area (Å²) in [4.78, 5) is 0. The fourth-order valence-corrected chi connectivity index (χ4v) is 2.78. The van der Waals surface area contributed by atoms with E-state index in [-0.39, 0.29) is 23.8 Å². The molecule has 1 aliphatic rings. The van der Waals surface area contributed by atoms with Gasteiger partial charge in [-0.15, -0.1) is 0 Å². The van der Waals surface area contributed by atoms with Gasteiger partial charge in [0.25, 0.3) is 0 Å². The molecule has 2 aromatic carbocycles. The minimum atomic E-state index is -4.43. The summed E-state index contributed by atoms with van der Waals surface area (Å²) < 4.78 is 47.2. The van der Waals surface area contributed by atoms with E-state index >= 15 is 0 Å². The molecule has 0 atom stereocenters. The van der Waals surface area contributed by atoms with E-state index in [1.54, 1.807) is 30.3 Å². The van der Waals surface area contributed by atoms with Gasteiger partial charge in [-0.25, -0.2) is 0 Å². The number of rotatable bonds is 4. The van der Waals surface area contributed by atoms with Gasteiger partial charge in [0.1, 0.15) is 0 Å². The molecule has 1 N–H and O–H groups in total. The summed E-state index contributed by atoms with van der Waals surface area (Å²) in [5, 5.41) is 3.03. The first kappa shape index (κ1) is 16.5. The summed E-state index contributed by atoms with van der Waals surface area (Å²) in [5.41, 5.74) is 0.268. The molecule has 1 aliphatic heterocycles. The quantitative estimate of drug-likeness (QED) is 0.828. The first-order chi connectivity index (χ1) is 10.9. The normalized spacial score (nSPS) is 15.5. The van der Waals surface area contributed by atoms with Crippen LogP contribution in [0, 0.1) is 0 Å². The molecule has 1 saturated heterocycles. The lowest BCUT2D eigenvalue weighted by molar-refractivity contribution is -0.138. The molecule has 0 unspecified atom stereocenters. The highest BCUT2D eigenvalue weighted by atomic mass is 79.9. The van der Waals surface area contributed by atoms with Crippen molar-refractivity contribution in [1.29, 1.82) is 0 Å². The summed E-state index contributed by atoms with van der Waals surface area (Å²) >= 11 is 3.30. The van der Waals surface area contributed by atoms with Crippen LogP contribution >= 0.6 is 15.9 Å². The Morgan fingerprint density at radius 2 is 1.78 bits per heavy atom. The van der Waals surface area contributed by atoms with Crippen LogP contribution in [0.5, 0.6) is 0 Å². The highest BCUT2D eigenvalue weighted by Crippen LogP contribution is 2.40. The predicted molar refractivity (Wildman–Crippen MR) is 86.0 cm³/mol. The Labute approximate surface area is 140 Å². The maximum Gasteiger partial charge on any atom is 0.417 e. The predicted octanol–water partition coefficient (Wildman–Crippen LogP) is 4.62. The van der Waals surface area contributed by atoms with Gasteiger partial charge in [0.05, 0.1) is 18.3 Å². The van der Waals surface area contributed by atoms with Gasteiger partial charge >= 0.3 is 6.18 Å². The molecule has 1 heterocycles. The number of ether oxygens (including phenoxy) is 1. The van der Waals surface area contributed by atoms with E-state index in [1.807, 2.05) is 0 Å². The second kappa shape index (κ2) is 6.63. The summed E-state index contributed by atoms with van der Waals surface area (Å²) in [7, 11) is 0. The molecule has 0 aromatic heterocycles. The van der Waals surface area contributed by atoms with Crippen LogP contribution in [0.2, 0.25) is 0 Å². The van der Waals surface area contributed by atoms with Crippen LogP contribution in [-0.4, -0.2) is 19.2 Å². The Morgan fingerprint density at radius 1 is 1.09 bits per heavy atom. The largest absolute Gasteiger partial charge is 0.417 e. The van der Waals surface area contributed by atoms with Crippen LogP contribution in [0.15, 0.2) is 46.9 Å². The zero-order valence-corrected chi connectivity index (χ0v) is 13.7. The molecule has 0 amide bonds. The standard InChI is InChI=1S/C17H15BrF3NO/c18-13-6-4-11(5-7-13)15-3-1-2-12(16(15)17(19,20)21)10-23-14-8-22-9-14/h1-7,14,22H,8-10H2. The molecule has 0 spiro atoms. The minimum Gasteiger partial charge on any atom is -0.371 e. The molecule has 0 bridgehead atoms. The third-order valence-corrected chi connectivity index (χ3v) is 4.34. The summed E-state index contributed by atoms with van der Waals surface area (Å²) in [6, 6.07) is 11.4. The summed E-state index contributed by atoms with van der Waals surface area (Å²) in [6.45, 7) is 1.34. The van der Waals surface area contributed by atoms with E-state index in [9.17, 15) is 13.2 Å². The van der Waals surface area contributed by atoms with Crippen LogP contribution in [0.25, 0.3) is 11.1 Å². The number of hydrogen-bond acceptors (Lipinski definition) is 2. The molecule has 23 heavy (non-hydrogen) atoms. The van der Waals surface area contributed by atoms with Gasteiger partial charge < -0.3 is 10.1 Å². The molecule has 3 rings (SSSR count). The zero-order chi connectivity index (χ0) is 16.4. The zero-order valence-electron chi connectivity index (χ0n) is 12.2. The van der Waals surface area contributed by atoms with Crippen molar-refractivity contribution in [3.8, 4) is 11.1 Å². The molecular weight excluding hydrogens is 371 g/mol. The molecule has 1 fully saturated rings. The van der Waals surface area contributed by atoms with E-state index < -0.39 is 11.7 Å². The number of halogens is 4. The fourth-order valence-electron chi connectivity index (χ4n) is 2.51. The van der Waals surface area contributed by atoms with E-state index in [2.05, 4.69) is 21.2 Å². The molecule has 2 nitrogen and oxygen atoms in total. The molecule has 0 saturated carbocycles. The van der Waals surface area contributed by atoms with Crippen molar-refractivity contribution in [3.63, 3.8) is 0 Å². The Balaban J connectivity index is 1.99. The van der Waals surface area contributed by atoms with Gasteiger partial charge in [-0.3, -0.25) is 0 Å². The lowest BCUT2D eigenvalue weighted by Crippen LogP contribution is -2.48. The Bertz CT molecular complexity index is 681. The molecule has 0 aliphatic carbocycles. The number of hydrogen-bond donors (Lipinski definition) is 1. The van der Waals surface area contributed by atoms with Crippen LogP contribution in [-0.2, 0) is 17.5 Å². The van der Waals surface area contributed by atoms with Crippen LogP contribution in [0.3, 0.4) is 0 Å². The Morgan fingerprint density at radius 3 is 2.35 bits per heavy atom. The van der Waals surface area contributed by atoms with Crippen molar-refractivity contribution < 1.29 is 17.9 Å². The second-order valence-corrected chi connectivity index (χ2v) is 6.35. The van der Waals surface area contributed by atoms with Crippen molar-refractivity contribution in [2.24, 2.45) is 0 Å². The fraction of sp³-hybridized carbons (Fsp3) is 0.294. The van der Waals surface area contributed by atoms with Gasteiger partial charge in [-0.1, -0.05) is 46.3 Å². The minimum absolute atomic E-state index is 0.00702. The van der Waals surface area contributed by atoms with Crippen molar-refractivity contribution >= 4 is 15.9 Å². The van der Waals surface area contributed by atoms with Gasteiger partial charge in [-0.2, -0.15) is 13.2 Å². The maximum absolute atomic E-state index is 13.6. The Kier molecular flexibility index (Phi) is 4.75. The summed E-state index contributed by atoms with van der Waals surface area (Å²) in [6.07, 6.45) is -4.44. The highest BCUT2D eigenvalue weighted by Gasteiger charge is 2.36. The SMILES string of the molecule is FC(F)(F)c1c(COC2CNC2)cccc1-c1ccc(Br)cc1. The lowest BCUT2D eigenvalue weighted by atomic mass is 9.95. The van der Waals surface area contributed by atoms with Crippen LogP contribution in [0.1, 0.15) is 11.1 Å². The van der Waals surface area contributed by atoms with Crippen molar-refractivity contribution in [1.82, 2.24) is 5.32 Å². The third-order valence-electron chi connectivity index (χ3n) is 3.81. The highest BCUT2D eigenvalue weighted by molar-refractivity contribution is 9.10.